The molecule has 0 heterocycles. The summed E-state index contributed by atoms with van der Waals surface area (Å²) in [6.45, 7) is -1.21. The Bertz CT molecular complexity index is 471. The molecule has 7 nitrogen and oxygen atoms in total. The molecule has 0 saturated carbocycles. The van der Waals surface area contributed by atoms with E-state index >= 15 is 0 Å². The first-order valence-corrected chi connectivity index (χ1v) is 6.16. The van der Waals surface area contributed by atoms with Crippen molar-refractivity contribution in [2.45, 2.75) is 11.7 Å². The normalized spacial score (nSPS) is 10.8. The van der Waals surface area contributed by atoms with E-state index in [1.807, 2.05) is 0 Å². The largest absolute Gasteiger partial charge is 0.497 e. The highest BCUT2D eigenvalue weighted by Gasteiger charge is 2.41. The first-order valence-electron chi connectivity index (χ1n) is 6.16. The van der Waals surface area contributed by atoms with Gasteiger partial charge in [-0.05, 0) is 24.3 Å². The summed E-state index contributed by atoms with van der Waals surface area (Å²) in [6, 6.07) is 5.20. The minimum Gasteiger partial charge on any atom is -0.497 e. The van der Waals surface area contributed by atoms with E-state index in [0.29, 0.717) is 5.75 Å². The van der Waals surface area contributed by atoms with Crippen LogP contribution in [0.2, 0.25) is 0 Å². The molecule has 0 saturated heterocycles. The van der Waals surface area contributed by atoms with Gasteiger partial charge < -0.3 is 30.5 Å². The lowest BCUT2D eigenvalue weighted by molar-refractivity contribution is -0.189. The summed E-state index contributed by atoms with van der Waals surface area (Å²) >= 11 is 0. The molecule has 0 aromatic heterocycles. The Kier molecular flexibility index (Phi) is 11.5. The molecular formula is C13H21F3NO6P. The monoisotopic (exact) mass is 375 g/mol. The maximum absolute atomic E-state index is 11.8. The van der Waals surface area contributed by atoms with E-state index in [0.717, 1.165) is 0 Å². The summed E-state index contributed by atoms with van der Waals surface area (Å²) in [5.74, 6) is -1.97. The maximum Gasteiger partial charge on any atom is 0.491 e. The van der Waals surface area contributed by atoms with Gasteiger partial charge in [0.1, 0.15) is 11.5 Å². The van der Waals surface area contributed by atoms with Crippen molar-refractivity contribution in [1.29, 1.82) is 0 Å². The van der Waals surface area contributed by atoms with Crippen molar-refractivity contribution in [1.82, 2.24) is 0 Å². The number of ether oxygens (including phenoxy) is 2. The van der Waals surface area contributed by atoms with Crippen LogP contribution in [0.25, 0.3) is 0 Å². The van der Waals surface area contributed by atoms with E-state index in [2.05, 4.69) is 4.74 Å². The molecule has 0 aliphatic heterocycles. The standard InChI is InChI=1S/C9H7F3O3.C4H11NO3.H3P/c1-14-6-2-4-7(5-3-6)15-8(13)9(10,11)12;5-4(1-6,2-7)3-8;/h2-5H,1H3;6-8H,1-3,5H2;1H3. The molecule has 5 N–H and O–H groups in total. The van der Waals surface area contributed by atoms with Crippen molar-refractivity contribution in [2.75, 3.05) is 26.9 Å². The summed E-state index contributed by atoms with van der Waals surface area (Å²) in [7, 11) is 1.41. The average Bonchev–Trinajstić information content (AvgIpc) is 2.54. The van der Waals surface area contributed by atoms with E-state index in [1.54, 1.807) is 0 Å². The number of benzene rings is 1. The highest BCUT2D eigenvalue weighted by molar-refractivity contribution is 6.92. The first-order chi connectivity index (χ1) is 10.6. The zero-order chi connectivity index (χ0) is 18.1. The molecule has 1 aromatic rings. The van der Waals surface area contributed by atoms with Gasteiger partial charge in [-0.25, -0.2) is 4.79 Å². The highest BCUT2D eigenvalue weighted by Crippen LogP contribution is 2.21. The van der Waals surface area contributed by atoms with Crippen molar-refractivity contribution in [3.8, 4) is 11.5 Å². The highest BCUT2D eigenvalue weighted by atomic mass is 31.0. The van der Waals surface area contributed by atoms with Gasteiger partial charge in [-0.1, -0.05) is 0 Å². The van der Waals surface area contributed by atoms with Crippen LogP contribution in [0.3, 0.4) is 0 Å². The van der Waals surface area contributed by atoms with Crippen molar-refractivity contribution in [3.63, 3.8) is 0 Å². The minimum absolute atomic E-state index is 0. The van der Waals surface area contributed by atoms with Gasteiger partial charge in [-0.15, -0.1) is 0 Å². The topological polar surface area (TPSA) is 122 Å². The van der Waals surface area contributed by atoms with Crippen LogP contribution in [0.4, 0.5) is 13.2 Å². The number of rotatable bonds is 5. The summed E-state index contributed by atoms with van der Waals surface area (Å²) in [4.78, 5) is 10.4. The Labute approximate surface area is 139 Å². The molecule has 0 aliphatic carbocycles. The number of hydrogen-bond acceptors (Lipinski definition) is 7. The van der Waals surface area contributed by atoms with E-state index in [4.69, 9.17) is 25.8 Å². The number of carbonyl (C=O) groups is 1. The molecule has 0 radical (unpaired) electrons. The molecule has 0 bridgehead atoms. The van der Waals surface area contributed by atoms with Gasteiger partial charge >= 0.3 is 12.1 Å². The molecule has 1 unspecified atom stereocenters. The van der Waals surface area contributed by atoms with Crippen LogP contribution in [-0.2, 0) is 4.79 Å². The Hall–Kier alpha value is -1.45. The summed E-state index contributed by atoms with van der Waals surface area (Å²) in [5, 5.41) is 25.0. The number of aliphatic hydroxyl groups is 3. The number of carbonyl (C=O) groups excluding carboxylic acids is 1. The van der Waals surface area contributed by atoms with Crippen LogP contribution in [0.5, 0.6) is 11.5 Å². The molecule has 11 heteroatoms. The number of halogens is 3. The lowest BCUT2D eigenvalue weighted by Crippen LogP contribution is -2.50. The zero-order valence-corrected chi connectivity index (χ0v) is 14.3. The van der Waals surface area contributed by atoms with E-state index in [9.17, 15) is 18.0 Å². The fraction of sp³-hybridized carbons (Fsp3) is 0.462. The van der Waals surface area contributed by atoms with Gasteiger partial charge in [-0.2, -0.15) is 23.1 Å². The number of hydrogen-bond donors (Lipinski definition) is 4. The molecule has 1 rings (SSSR count). The van der Waals surface area contributed by atoms with Gasteiger partial charge in [0.05, 0.1) is 32.5 Å². The fourth-order valence-electron chi connectivity index (χ4n) is 0.959. The van der Waals surface area contributed by atoms with Gasteiger partial charge in [0.2, 0.25) is 0 Å². The van der Waals surface area contributed by atoms with Crippen LogP contribution in [-0.4, -0.2) is 59.9 Å². The third-order valence-corrected chi connectivity index (χ3v) is 2.45. The van der Waals surface area contributed by atoms with Crippen LogP contribution in [0.15, 0.2) is 24.3 Å². The van der Waals surface area contributed by atoms with Crippen molar-refractivity contribution < 1.29 is 42.8 Å². The molecule has 0 amide bonds. The summed E-state index contributed by atoms with van der Waals surface area (Å²) in [5.41, 5.74) is 3.94. The van der Waals surface area contributed by atoms with Crippen LogP contribution in [0, 0.1) is 0 Å². The Morgan fingerprint density at radius 2 is 1.42 bits per heavy atom. The predicted molar refractivity (Wildman–Crippen MR) is 84.0 cm³/mol. The SMILES string of the molecule is COc1ccc(OC(=O)C(F)(F)F)cc1.NC(CO)(CO)CO.P. The van der Waals surface area contributed by atoms with Crippen LogP contribution < -0.4 is 15.2 Å². The third kappa shape index (κ3) is 8.99. The lowest BCUT2D eigenvalue weighted by Gasteiger charge is -2.20. The average molecular weight is 375 g/mol. The number of nitrogens with two attached hydrogens (primary N) is 1. The maximum atomic E-state index is 11.8. The molecule has 0 aliphatic rings. The second-order valence-corrected chi connectivity index (χ2v) is 4.40. The number of alkyl halides is 3. The molecule has 1 aromatic carbocycles. The molecule has 0 fully saturated rings. The summed E-state index contributed by atoms with van der Waals surface area (Å²) < 4.78 is 44.2. The Morgan fingerprint density at radius 1 is 1.04 bits per heavy atom. The zero-order valence-electron chi connectivity index (χ0n) is 12.9. The molecule has 1 atom stereocenters. The van der Waals surface area contributed by atoms with E-state index in [1.165, 1.54) is 31.4 Å². The van der Waals surface area contributed by atoms with Crippen molar-refractivity contribution >= 4 is 15.9 Å². The molecular weight excluding hydrogens is 354 g/mol. The van der Waals surface area contributed by atoms with Crippen molar-refractivity contribution in [3.05, 3.63) is 24.3 Å². The van der Waals surface area contributed by atoms with Crippen LogP contribution in [0.1, 0.15) is 0 Å². The second-order valence-electron chi connectivity index (χ2n) is 4.40. The Balaban J connectivity index is 0. The van der Waals surface area contributed by atoms with E-state index in [-0.39, 0.29) is 15.6 Å². The number of aliphatic hydroxyl groups excluding tert-OH is 3. The second kappa shape index (κ2) is 11.2. The van der Waals surface area contributed by atoms with Crippen LogP contribution >= 0.6 is 9.90 Å². The molecule has 0 spiro atoms. The smallest absolute Gasteiger partial charge is 0.491 e. The molecule has 140 valence electrons. The minimum atomic E-state index is -4.99. The lowest BCUT2D eigenvalue weighted by atomic mass is 10.1. The van der Waals surface area contributed by atoms with Gasteiger partial charge in [0, 0.05) is 0 Å². The third-order valence-electron chi connectivity index (χ3n) is 2.45. The first kappa shape index (κ1) is 24.8. The Morgan fingerprint density at radius 3 is 1.67 bits per heavy atom. The quantitative estimate of drug-likeness (QED) is 0.322. The fourth-order valence-corrected chi connectivity index (χ4v) is 0.959. The number of methoxy groups -OCH3 is 1. The molecule has 24 heavy (non-hydrogen) atoms. The van der Waals surface area contributed by atoms with E-state index < -0.39 is 37.5 Å². The number of esters is 1. The van der Waals surface area contributed by atoms with Gasteiger partial charge in [-0.3, -0.25) is 0 Å². The predicted octanol–water partition coefficient (Wildman–Crippen LogP) is -0.118. The van der Waals surface area contributed by atoms with Gasteiger partial charge in [0.15, 0.2) is 0 Å². The summed E-state index contributed by atoms with van der Waals surface area (Å²) in [6.07, 6.45) is -4.99. The van der Waals surface area contributed by atoms with Crippen molar-refractivity contribution in [2.24, 2.45) is 5.73 Å². The van der Waals surface area contributed by atoms with Gasteiger partial charge in [0.25, 0.3) is 0 Å².